The van der Waals surface area contributed by atoms with Gasteiger partial charge in [0.1, 0.15) is 0 Å². The highest BCUT2D eigenvalue weighted by Crippen LogP contribution is 2.31. The summed E-state index contributed by atoms with van der Waals surface area (Å²) in [6, 6.07) is 16.9. The van der Waals surface area contributed by atoms with E-state index < -0.39 is 11.9 Å². The summed E-state index contributed by atoms with van der Waals surface area (Å²) in [7, 11) is 3.40. The quantitative estimate of drug-likeness (QED) is 0.600. The zero-order valence-electron chi connectivity index (χ0n) is 18.7. The number of rotatable bonds is 8. The van der Waals surface area contributed by atoms with Crippen molar-refractivity contribution in [3.63, 3.8) is 0 Å². The van der Waals surface area contributed by atoms with Crippen LogP contribution in [-0.2, 0) is 22.6 Å². The summed E-state index contributed by atoms with van der Waals surface area (Å²) in [5, 5.41) is 14.8. The van der Waals surface area contributed by atoms with E-state index in [1.807, 2.05) is 12.1 Å². The Balaban J connectivity index is 0.000000534. The average Bonchev–Trinajstić information content (AvgIpc) is 2.81. The van der Waals surface area contributed by atoms with E-state index in [4.69, 9.17) is 29.3 Å². The van der Waals surface area contributed by atoms with Crippen molar-refractivity contribution in [2.24, 2.45) is 0 Å². The summed E-state index contributed by atoms with van der Waals surface area (Å²) >= 11 is 0. The normalized spacial score (nSPS) is 14.2. The second-order valence-corrected chi connectivity index (χ2v) is 7.47. The van der Waals surface area contributed by atoms with Crippen molar-refractivity contribution in [2.75, 3.05) is 46.9 Å². The van der Waals surface area contributed by atoms with Crippen molar-refractivity contribution < 1.29 is 29.3 Å². The molecule has 2 N–H and O–H groups in total. The van der Waals surface area contributed by atoms with Gasteiger partial charge in [-0.15, -0.1) is 0 Å². The highest BCUT2D eigenvalue weighted by atomic mass is 16.5. The molecule has 0 unspecified atom stereocenters. The summed E-state index contributed by atoms with van der Waals surface area (Å²) < 4.78 is 11.0. The van der Waals surface area contributed by atoms with E-state index in [9.17, 15) is 0 Å². The van der Waals surface area contributed by atoms with E-state index in [1.165, 1.54) is 30.5 Å². The maximum atomic E-state index is 9.10. The second kappa shape index (κ2) is 13.3. The number of para-hydroxylation sites is 1. The Kier molecular flexibility index (Phi) is 10.5. The number of carboxylic acid groups (broad SMARTS) is 2. The molecule has 32 heavy (non-hydrogen) atoms. The van der Waals surface area contributed by atoms with Crippen LogP contribution in [0.1, 0.15) is 17.5 Å². The topological polar surface area (TPSA) is 99.5 Å². The molecule has 8 nitrogen and oxygen atoms in total. The third-order valence-electron chi connectivity index (χ3n) is 5.31. The van der Waals surface area contributed by atoms with Gasteiger partial charge in [0.05, 0.1) is 14.2 Å². The van der Waals surface area contributed by atoms with E-state index in [1.54, 1.807) is 14.2 Å². The highest BCUT2D eigenvalue weighted by molar-refractivity contribution is 6.27. The van der Waals surface area contributed by atoms with Gasteiger partial charge in [0.25, 0.3) is 0 Å². The molecule has 0 amide bonds. The number of piperazine rings is 1. The lowest BCUT2D eigenvalue weighted by Gasteiger charge is -2.35. The Hall–Kier alpha value is -3.10. The number of aliphatic carboxylic acids is 2. The summed E-state index contributed by atoms with van der Waals surface area (Å²) in [5.41, 5.74) is 2.64. The standard InChI is InChI=1S/C22H30N2O2.C2H2O4/c1-25-21-12-6-11-20(22(21)26-2)18-24-16-14-23(15-17-24)13-7-10-19-8-4-3-5-9-19;3-1(4)2(5)6/h3-6,8-9,11-12H,7,10,13-18H2,1-2H3;(H,3,4)(H,5,6). The van der Waals surface area contributed by atoms with Crippen LogP contribution in [0.5, 0.6) is 11.5 Å². The van der Waals surface area contributed by atoms with E-state index in [0.29, 0.717) is 0 Å². The van der Waals surface area contributed by atoms with Crippen molar-refractivity contribution in [3.05, 3.63) is 59.7 Å². The fourth-order valence-corrected chi connectivity index (χ4v) is 3.64. The molecule has 1 fully saturated rings. The number of nitrogens with zero attached hydrogens (tertiary/aromatic N) is 2. The van der Waals surface area contributed by atoms with Crippen LogP contribution in [0.3, 0.4) is 0 Å². The van der Waals surface area contributed by atoms with Gasteiger partial charge < -0.3 is 24.6 Å². The van der Waals surface area contributed by atoms with Crippen LogP contribution in [0, 0.1) is 0 Å². The lowest BCUT2D eigenvalue weighted by Crippen LogP contribution is -2.46. The molecule has 0 atom stereocenters. The Morgan fingerprint density at radius 1 is 0.844 bits per heavy atom. The fourth-order valence-electron chi connectivity index (χ4n) is 3.64. The highest BCUT2D eigenvalue weighted by Gasteiger charge is 2.19. The van der Waals surface area contributed by atoms with Gasteiger partial charge in [0, 0.05) is 38.3 Å². The number of carboxylic acids is 2. The summed E-state index contributed by atoms with van der Waals surface area (Å²) in [6.45, 7) is 6.59. The van der Waals surface area contributed by atoms with Gasteiger partial charge >= 0.3 is 11.9 Å². The first-order valence-electron chi connectivity index (χ1n) is 10.6. The number of ether oxygens (including phenoxy) is 2. The first-order chi connectivity index (χ1) is 15.4. The molecule has 2 aromatic rings. The van der Waals surface area contributed by atoms with Crippen LogP contribution in [0.15, 0.2) is 48.5 Å². The van der Waals surface area contributed by atoms with Gasteiger partial charge in [-0.2, -0.15) is 0 Å². The largest absolute Gasteiger partial charge is 0.493 e. The summed E-state index contributed by atoms with van der Waals surface area (Å²) in [4.78, 5) is 23.3. The fraction of sp³-hybridized carbons (Fsp3) is 0.417. The molecule has 0 aromatic heterocycles. The Morgan fingerprint density at radius 3 is 2.03 bits per heavy atom. The summed E-state index contributed by atoms with van der Waals surface area (Å²) in [6.07, 6.45) is 2.40. The van der Waals surface area contributed by atoms with Crippen molar-refractivity contribution in [1.29, 1.82) is 0 Å². The minimum atomic E-state index is -1.82. The SMILES string of the molecule is COc1cccc(CN2CCN(CCCc3ccccc3)CC2)c1OC.O=C(O)C(=O)O. The Bertz CT molecular complexity index is 839. The van der Waals surface area contributed by atoms with Crippen LogP contribution >= 0.6 is 0 Å². The van der Waals surface area contributed by atoms with Gasteiger partial charge in [-0.1, -0.05) is 42.5 Å². The number of aryl methyl sites for hydroxylation is 1. The molecule has 1 aliphatic heterocycles. The van der Waals surface area contributed by atoms with Gasteiger partial charge in [0.15, 0.2) is 11.5 Å². The molecule has 0 radical (unpaired) electrons. The smallest absolute Gasteiger partial charge is 0.414 e. The van der Waals surface area contributed by atoms with Crippen molar-refractivity contribution in [3.8, 4) is 11.5 Å². The van der Waals surface area contributed by atoms with Gasteiger partial charge in [-0.05, 0) is 31.0 Å². The number of carbonyl (C=O) groups is 2. The van der Waals surface area contributed by atoms with E-state index >= 15 is 0 Å². The van der Waals surface area contributed by atoms with Gasteiger partial charge in [0.2, 0.25) is 0 Å². The summed E-state index contributed by atoms with van der Waals surface area (Å²) in [5.74, 6) is -1.98. The lowest BCUT2D eigenvalue weighted by atomic mass is 10.1. The molecule has 1 saturated heterocycles. The molecule has 0 saturated carbocycles. The minimum absolute atomic E-state index is 0.810. The lowest BCUT2D eigenvalue weighted by molar-refractivity contribution is -0.159. The monoisotopic (exact) mass is 444 g/mol. The first-order valence-corrected chi connectivity index (χ1v) is 10.6. The number of hydrogen-bond donors (Lipinski definition) is 2. The van der Waals surface area contributed by atoms with E-state index in [2.05, 4.69) is 46.2 Å². The minimum Gasteiger partial charge on any atom is -0.493 e. The van der Waals surface area contributed by atoms with E-state index in [-0.39, 0.29) is 0 Å². The molecule has 3 rings (SSSR count). The zero-order valence-corrected chi connectivity index (χ0v) is 18.7. The molecular formula is C24H32N2O6. The van der Waals surface area contributed by atoms with Gasteiger partial charge in [-0.25, -0.2) is 9.59 Å². The van der Waals surface area contributed by atoms with Gasteiger partial charge in [-0.3, -0.25) is 4.90 Å². The number of methoxy groups -OCH3 is 2. The van der Waals surface area contributed by atoms with Crippen molar-refractivity contribution in [1.82, 2.24) is 9.80 Å². The van der Waals surface area contributed by atoms with Crippen molar-refractivity contribution in [2.45, 2.75) is 19.4 Å². The molecule has 1 aliphatic rings. The third kappa shape index (κ3) is 8.20. The molecule has 0 aliphatic carbocycles. The number of hydrogen-bond acceptors (Lipinski definition) is 6. The first kappa shape index (κ1) is 25.2. The predicted octanol–water partition coefficient (Wildman–Crippen LogP) is 2.61. The third-order valence-corrected chi connectivity index (χ3v) is 5.31. The molecule has 8 heteroatoms. The average molecular weight is 445 g/mol. The Labute approximate surface area is 189 Å². The molecule has 1 heterocycles. The van der Waals surface area contributed by atoms with Crippen LogP contribution in [0.4, 0.5) is 0 Å². The van der Waals surface area contributed by atoms with Crippen LogP contribution in [0.2, 0.25) is 0 Å². The molecule has 0 spiro atoms. The molecule has 0 bridgehead atoms. The second-order valence-electron chi connectivity index (χ2n) is 7.47. The van der Waals surface area contributed by atoms with Crippen LogP contribution < -0.4 is 9.47 Å². The van der Waals surface area contributed by atoms with Crippen LogP contribution in [-0.4, -0.2) is 78.9 Å². The molecule has 2 aromatic carbocycles. The zero-order chi connectivity index (χ0) is 23.3. The maximum absolute atomic E-state index is 9.10. The molecule has 174 valence electrons. The predicted molar refractivity (Wildman–Crippen MR) is 121 cm³/mol. The van der Waals surface area contributed by atoms with E-state index in [0.717, 1.165) is 44.2 Å². The van der Waals surface area contributed by atoms with Crippen molar-refractivity contribution >= 4 is 11.9 Å². The number of benzene rings is 2. The molecular weight excluding hydrogens is 412 g/mol. The Morgan fingerprint density at radius 2 is 1.47 bits per heavy atom. The maximum Gasteiger partial charge on any atom is 0.414 e. The van der Waals surface area contributed by atoms with Crippen LogP contribution in [0.25, 0.3) is 0 Å².